The number of hydrogen-bond acceptors (Lipinski definition) is 2. The van der Waals surface area contributed by atoms with E-state index in [9.17, 15) is 4.79 Å². The number of hydrogen-bond donors (Lipinski definition) is 1. The van der Waals surface area contributed by atoms with Gasteiger partial charge in [0.2, 0.25) is 5.91 Å². The third-order valence-electron chi connectivity index (χ3n) is 3.73. The molecule has 3 heteroatoms. The SMILES string of the molecule is CCN1CC(NC(=O)C2CCCCC2)C1.[HH]. The first-order valence-electron chi connectivity index (χ1n) is 6.32. The van der Waals surface area contributed by atoms with Crippen molar-refractivity contribution in [2.24, 2.45) is 5.92 Å². The molecule has 0 aromatic carbocycles. The van der Waals surface area contributed by atoms with E-state index in [1.54, 1.807) is 0 Å². The van der Waals surface area contributed by atoms with Crippen LogP contribution in [0.15, 0.2) is 0 Å². The van der Waals surface area contributed by atoms with Gasteiger partial charge in [-0.15, -0.1) is 0 Å². The molecule has 0 aromatic rings. The van der Waals surface area contributed by atoms with Crippen molar-refractivity contribution in [3.8, 4) is 0 Å². The topological polar surface area (TPSA) is 32.3 Å². The Morgan fingerprint density at radius 1 is 1.33 bits per heavy atom. The fourth-order valence-corrected chi connectivity index (χ4v) is 2.60. The fourth-order valence-electron chi connectivity index (χ4n) is 2.60. The Morgan fingerprint density at radius 2 is 2.00 bits per heavy atom. The number of nitrogens with zero attached hydrogens (tertiary/aromatic N) is 1. The Labute approximate surface area is 93.7 Å². The summed E-state index contributed by atoms with van der Waals surface area (Å²) in [4.78, 5) is 14.2. The molecule has 1 N–H and O–H groups in total. The van der Waals surface area contributed by atoms with Crippen molar-refractivity contribution in [3.63, 3.8) is 0 Å². The van der Waals surface area contributed by atoms with Crippen molar-refractivity contribution in [2.45, 2.75) is 45.1 Å². The molecule has 0 aromatic heterocycles. The van der Waals surface area contributed by atoms with Crippen LogP contribution >= 0.6 is 0 Å². The van der Waals surface area contributed by atoms with Crippen molar-refractivity contribution in [3.05, 3.63) is 0 Å². The average Bonchev–Trinajstić information content (AvgIpc) is 2.23. The lowest BCUT2D eigenvalue weighted by atomic mass is 9.88. The number of amides is 1. The van der Waals surface area contributed by atoms with Crippen molar-refractivity contribution in [1.29, 1.82) is 0 Å². The van der Waals surface area contributed by atoms with Gasteiger partial charge in [0.05, 0.1) is 6.04 Å². The van der Waals surface area contributed by atoms with Crippen LogP contribution in [-0.4, -0.2) is 36.5 Å². The average molecular weight is 212 g/mol. The van der Waals surface area contributed by atoms with E-state index >= 15 is 0 Å². The number of likely N-dealkylation sites (N-methyl/N-ethyl adjacent to an activating group) is 1. The molecule has 0 radical (unpaired) electrons. The number of likely N-dealkylation sites (tertiary alicyclic amines) is 1. The zero-order valence-electron chi connectivity index (χ0n) is 9.67. The molecule has 1 heterocycles. The largest absolute Gasteiger partial charge is 0.351 e. The van der Waals surface area contributed by atoms with E-state index in [1.165, 1.54) is 19.3 Å². The maximum Gasteiger partial charge on any atom is 0.223 e. The summed E-state index contributed by atoms with van der Waals surface area (Å²) in [5.41, 5.74) is 0. The van der Waals surface area contributed by atoms with Gasteiger partial charge in [-0.05, 0) is 19.4 Å². The van der Waals surface area contributed by atoms with Gasteiger partial charge in [0.25, 0.3) is 0 Å². The van der Waals surface area contributed by atoms with Gasteiger partial charge in [0.1, 0.15) is 0 Å². The Bertz CT molecular complexity index is 223. The summed E-state index contributed by atoms with van der Waals surface area (Å²) >= 11 is 0. The summed E-state index contributed by atoms with van der Waals surface area (Å²) in [7, 11) is 0. The molecule has 0 spiro atoms. The van der Waals surface area contributed by atoms with E-state index in [0.29, 0.717) is 17.9 Å². The smallest absolute Gasteiger partial charge is 0.223 e. The lowest BCUT2D eigenvalue weighted by Crippen LogP contribution is -2.59. The van der Waals surface area contributed by atoms with Crippen LogP contribution in [0.4, 0.5) is 0 Å². The Balaban J connectivity index is 0.00000128. The fraction of sp³-hybridized carbons (Fsp3) is 0.917. The van der Waals surface area contributed by atoms with Gasteiger partial charge >= 0.3 is 0 Å². The van der Waals surface area contributed by atoms with Gasteiger partial charge in [-0.1, -0.05) is 26.2 Å². The van der Waals surface area contributed by atoms with Gasteiger partial charge in [-0.3, -0.25) is 9.69 Å². The first kappa shape index (κ1) is 10.9. The molecular weight excluding hydrogens is 188 g/mol. The van der Waals surface area contributed by atoms with E-state index in [-0.39, 0.29) is 1.43 Å². The maximum absolute atomic E-state index is 11.9. The molecular formula is C12H24N2O. The predicted molar refractivity (Wildman–Crippen MR) is 62.7 cm³/mol. The quantitative estimate of drug-likeness (QED) is 0.771. The number of carbonyl (C=O) groups excluding carboxylic acids is 1. The molecule has 3 nitrogen and oxygen atoms in total. The standard InChI is InChI=1S/C12H22N2O.H2/c1-2-14-8-11(9-14)13-12(15)10-6-4-3-5-7-10;/h10-11H,2-9H2,1H3,(H,13,15);1H. The maximum atomic E-state index is 11.9. The van der Waals surface area contributed by atoms with Gasteiger partial charge in [0, 0.05) is 20.4 Å². The van der Waals surface area contributed by atoms with E-state index in [0.717, 1.165) is 32.5 Å². The minimum absolute atomic E-state index is 0. The Morgan fingerprint density at radius 3 is 2.60 bits per heavy atom. The van der Waals surface area contributed by atoms with Crippen LogP contribution in [0.25, 0.3) is 0 Å². The third-order valence-corrected chi connectivity index (χ3v) is 3.73. The van der Waals surface area contributed by atoms with E-state index < -0.39 is 0 Å². The first-order valence-corrected chi connectivity index (χ1v) is 6.32. The predicted octanol–water partition coefficient (Wildman–Crippen LogP) is 1.63. The summed E-state index contributed by atoms with van der Waals surface area (Å²) in [5, 5.41) is 3.17. The minimum atomic E-state index is 0. The summed E-state index contributed by atoms with van der Waals surface area (Å²) in [6.45, 7) is 5.37. The van der Waals surface area contributed by atoms with Crippen LogP contribution in [0.2, 0.25) is 0 Å². The molecule has 2 rings (SSSR count). The minimum Gasteiger partial charge on any atom is -0.351 e. The Kier molecular flexibility index (Phi) is 3.62. The molecule has 15 heavy (non-hydrogen) atoms. The zero-order valence-corrected chi connectivity index (χ0v) is 9.67. The van der Waals surface area contributed by atoms with Crippen LogP contribution in [0.1, 0.15) is 40.5 Å². The highest BCUT2D eigenvalue weighted by molar-refractivity contribution is 5.79. The first-order chi connectivity index (χ1) is 7.29. The summed E-state index contributed by atoms with van der Waals surface area (Å²) in [6.07, 6.45) is 6.01. The van der Waals surface area contributed by atoms with Crippen molar-refractivity contribution >= 4 is 5.91 Å². The molecule has 0 bridgehead atoms. The third kappa shape index (κ3) is 2.71. The van der Waals surface area contributed by atoms with Crippen LogP contribution in [0, 0.1) is 5.92 Å². The molecule has 2 aliphatic rings. The molecule has 88 valence electrons. The lowest BCUT2D eigenvalue weighted by Gasteiger charge is -2.39. The molecule has 1 aliphatic carbocycles. The number of carbonyl (C=O) groups is 1. The summed E-state index contributed by atoms with van der Waals surface area (Å²) < 4.78 is 0. The number of rotatable bonds is 3. The van der Waals surface area contributed by atoms with Crippen LogP contribution in [0.5, 0.6) is 0 Å². The second-order valence-electron chi connectivity index (χ2n) is 4.89. The van der Waals surface area contributed by atoms with Crippen LogP contribution < -0.4 is 5.32 Å². The molecule has 0 unspecified atom stereocenters. The van der Waals surface area contributed by atoms with E-state index in [1.807, 2.05) is 0 Å². The summed E-state index contributed by atoms with van der Waals surface area (Å²) in [6, 6.07) is 0.430. The van der Waals surface area contributed by atoms with Crippen LogP contribution in [-0.2, 0) is 4.79 Å². The second-order valence-corrected chi connectivity index (χ2v) is 4.89. The van der Waals surface area contributed by atoms with Crippen molar-refractivity contribution in [2.75, 3.05) is 19.6 Å². The van der Waals surface area contributed by atoms with E-state index in [2.05, 4.69) is 17.1 Å². The van der Waals surface area contributed by atoms with Gasteiger partial charge in [-0.2, -0.15) is 0 Å². The zero-order chi connectivity index (χ0) is 10.7. The van der Waals surface area contributed by atoms with Gasteiger partial charge in [0.15, 0.2) is 0 Å². The highest BCUT2D eigenvalue weighted by atomic mass is 16.2. The molecule has 1 amide bonds. The molecule has 1 aliphatic heterocycles. The summed E-state index contributed by atoms with van der Waals surface area (Å²) in [5.74, 6) is 0.630. The number of nitrogens with one attached hydrogen (secondary N) is 1. The molecule has 1 saturated heterocycles. The Hall–Kier alpha value is -0.570. The highest BCUT2D eigenvalue weighted by Crippen LogP contribution is 2.24. The highest BCUT2D eigenvalue weighted by Gasteiger charge is 2.29. The molecule has 0 atom stereocenters. The van der Waals surface area contributed by atoms with E-state index in [4.69, 9.17) is 0 Å². The van der Waals surface area contributed by atoms with Gasteiger partial charge < -0.3 is 5.32 Å². The monoisotopic (exact) mass is 212 g/mol. The lowest BCUT2D eigenvalue weighted by molar-refractivity contribution is -0.127. The molecule has 2 fully saturated rings. The normalized spacial score (nSPS) is 24.9. The van der Waals surface area contributed by atoms with Crippen molar-refractivity contribution in [1.82, 2.24) is 10.2 Å². The molecule has 1 saturated carbocycles. The van der Waals surface area contributed by atoms with Crippen molar-refractivity contribution < 1.29 is 6.22 Å². The van der Waals surface area contributed by atoms with Gasteiger partial charge in [-0.25, -0.2) is 0 Å². The van der Waals surface area contributed by atoms with Crippen LogP contribution in [0.3, 0.4) is 0 Å². The second kappa shape index (κ2) is 4.97.